The van der Waals surface area contributed by atoms with Crippen molar-refractivity contribution in [1.82, 2.24) is 0 Å². The van der Waals surface area contributed by atoms with Gasteiger partial charge >= 0.3 is 26.2 Å². The molecule has 261 valence electrons. The first kappa shape index (κ1) is 42.8. The molecule has 7 rings (SSSR count). The maximum absolute atomic E-state index is 2.54. The average Bonchev–Trinajstić information content (AvgIpc) is 3.62. The molecule has 0 bridgehead atoms. The summed E-state index contributed by atoms with van der Waals surface area (Å²) in [5.41, 5.74) is 14.0. The minimum Gasteiger partial charge on any atom is -1.00 e. The summed E-state index contributed by atoms with van der Waals surface area (Å²) < 4.78 is 0. The topological polar surface area (TPSA) is 0 Å². The zero-order valence-corrected chi connectivity index (χ0v) is 36.7. The minimum atomic E-state index is 0. The summed E-state index contributed by atoms with van der Waals surface area (Å²) in [5.74, 6) is 0.250. The zero-order chi connectivity index (χ0) is 34.2. The number of fused-ring (bicyclic) bond motifs is 4. The van der Waals surface area contributed by atoms with Gasteiger partial charge in [0.15, 0.2) is 0 Å². The molecule has 4 heteroatoms. The molecule has 0 N–H and O–H groups in total. The van der Waals surface area contributed by atoms with Gasteiger partial charge in [-0.2, -0.15) is 0 Å². The summed E-state index contributed by atoms with van der Waals surface area (Å²) in [6, 6.07) is 41.3. The first-order valence-electron chi connectivity index (χ1n) is 17.7. The number of benzene rings is 5. The molecular weight excluding hydrogens is 755 g/mol. The van der Waals surface area contributed by atoms with Gasteiger partial charge in [-0.3, -0.25) is 0 Å². The van der Waals surface area contributed by atoms with Crippen molar-refractivity contribution >= 4 is 37.1 Å². The molecule has 0 aliphatic heterocycles. The van der Waals surface area contributed by atoms with Crippen LogP contribution in [-0.2, 0) is 37.0 Å². The van der Waals surface area contributed by atoms with Crippen LogP contribution in [0.4, 0.5) is 0 Å². The maximum atomic E-state index is 2.54. The van der Waals surface area contributed by atoms with Crippen molar-refractivity contribution < 1.29 is 51.0 Å². The van der Waals surface area contributed by atoms with Crippen LogP contribution < -0.4 is 24.8 Å². The van der Waals surface area contributed by atoms with E-state index >= 15 is 0 Å². The second-order valence-electron chi connectivity index (χ2n) is 15.6. The van der Waals surface area contributed by atoms with E-state index in [-0.39, 0.29) is 67.8 Å². The van der Waals surface area contributed by atoms with Gasteiger partial charge in [0.25, 0.3) is 0 Å². The van der Waals surface area contributed by atoms with E-state index in [1.807, 2.05) is 0 Å². The number of hydrogen-bond acceptors (Lipinski definition) is 0. The monoisotopic (exact) mass is 803 g/mol. The predicted octanol–water partition coefficient (Wildman–Crippen LogP) is 7.76. The van der Waals surface area contributed by atoms with Gasteiger partial charge in [-0.15, -0.1) is 33.7 Å². The van der Waals surface area contributed by atoms with Gasteiger partial charge in [0.05, 0.1) is 0 Å². The van der Waals surface area contributed by atoms with Crippen LogP contribution in [0.5, 0.6) is 0 Å². The molecule has 51 heavy (non-hydrogen) atoms. The van der Waals surface area contributed by atoms with Crippen LogP contribution in [0.1, 0.15) is 95.0 Å². The van der Waals surface area contributed by atoms with Crippen LogP contribution in [0.2, 0.25) is 13.1 Å². The first-order chi connectivity index (χ1) is 23.0. The molecular formula is C47H51Cl2SiZr. The van der Waals surface area contributed by atoms with Crippen LogP contribution in [0.15, 0.2) is 115 Å². The van der Waals surface area contributed by atoms with Crippen molar-refractivity contribution in [2.75, 3.05) is 0 Å². The standard InChI is InChI=1S/C45H45.C2H6Si.2ClH.Zr/c1-8-13-32-27-39-35(31-20-18-30(19-21-31)29-14-10-9-11-15-29)16-12-17-38(39)42(32)43-40-28-33-26-34(44(2,3)4)22-23-36(33)37(40)24-25-41(43)45(5,6)7;1-3-2;;;/h9-12,14-28,42H,8,13H2,1-7H3;1-2H3;2*1H;/q-1;;;;+3/p-2. The van der Waals surface area contributed by atoms with E-state index in [0.717, 1.165) is 22.4 Å². The van der Waals surface area contributed by atoms with E-state index in [1.54, 1.807) is 5.57 Å². The molecule has 1 atom stereocenters. The average molecular weight is 806 g/mol. The van der Waals surface area contributed by atoms with E-state index in [4.69, 9.17) is 0 Å². The Labute approximate surface area is 341 Å². The molecule has 0 fully saturated rings. The Hall–Kier alpha value is -2.61. The van der Waals surface area contributed by atoms with Gasteiger partial charge in [0, 0.05) is 15.4 Å². The molecule has 6 aromatic rings. The summed E-state index contributed by atoms with van der Waals surface area (Å²) in [6.45, 7) is 20.7. The van der Waals surface area contributed by atoms with E-state index in [2.05, 4.69) is 177 Å². The zero-order valence-electron chi connectivity index (χ0n) is 31.7. The first-order valence-corrected chi connectivity index (χ1v) is 19.7. The molecule has 1 aliphatic carbocycles. The third kappa shape index (κ3) is 8.63. The molecule has 6 aromatic carbocycles. The summed E-state index contributed by atoms with van der Waals surface area (Å²) >= 11 is 0. The van der Waals surface area contributed by atoms with Crippen molar-refractivity contribution in [3.05, 3.63) is 143 Å². The summed E-state index contributed by atoms with van der Waals surface area (Å²) in [7, 11) is 1.08. The number of rotatable bonds is 5. The van der Waals surface area contributed by atoms with E-state index in [0.29, 0.717) is 0 Å². The van der Waals surface area contributed by atoms with Gasteiger partial charge in [-0.25, -0.2) is 0 Å². The molecule has 0 aromatic heterocycles. The van der Waals surface area contributed by atoms with E-state index in [1.165, 1.54) is 71.6 Å². The molecule has 0 spiro atoms. The van der Waals surface area contributed by atoms with Crippen molar-refractivity contribution in [1.29, 1.82) is 0 Å². The predicted molar refractivity (Wildman–Crippen MR) is 214 cm³/mol. The van der Waals surface area contributed by atoms with Crippen molar-refractivity contribution in [2.45, 2.75) is 91.1 Å². The maximum Gasteiger partial charge on any atom is 3.00 e. The van der Waals surface area contributed by atoms with Gasteiger partial charge in [-0.05, 0) is 50.6 Å². The van der Waals surface area contributed by atoms with Crippen molar-refractivity contribution in [3.8, 4) is 22.3 Å². The minimum absolute atomic E-state index is 0. The Morgan fingerprint density at radius 3 is 1.88 bits per heavy atom. The van der Waals surface area contributed by atoms with E-state index < -0.39 is 0 Å². The Morgan fingerprint density at radius 2 is 1.27 bits per heavy atom. The number of allylic oxidation sites excluding steroid dienone is 1. The smallest absolute Gasteiger partial charge is 1.00 e. The molecule has 0 saturated heterocycles. The van der Waals surface area contributed by atoms with Gasteiger partial charge in [-0.1, -0.05) is 193 Å². The third-order valence-electron chi connectivity index (χ3n) is 9.88. The molecule has 0 amide bonds. The van der Waals surface area contributed by atoms with Crippen LogP contribution >= 0.6 is 0 Å². The molecule has 1 aliphatic rings. The van der Waals surface area contributed by atoms with Crippen molar-refractivity contribution in [3.63, 3.8) is 0 Å². The van der Waals surface area contributed by atoms with Crippen LogP contribution in [0.3, 0.4) is 0 Å². The summed E-state index contributed by atoms with van der Waals surface area (Å²) in [4.78, 5) is 0. The van der Waals surface area contributed by atoms with Gasteiger partial charge < -0.3 is 24.8 Å². The van der Waals surface area contributed by atoms with Crippen molar-refractivity contribution in [2.24, 2.45) is 0 Å². The SMILES string of the molecule is CCCC1=Cc2c(-c3ccc(-c4ccccc4)cc3)cccc2C1c1c(C(C)(C)C)ccc2c1[cH-]c1cc(C(C)(C)C)ccc12.C[Si]C.[Cl-].[Cl-].[Zr+3]. The Balaban J connectivity index is 0.00000113. The normalized spacial score (nSPS) is 13.7. The summed E-state index contributed by atoms with van der Waals surface area (Å²) in [6.07, 6.45) is 4.77. The van der Waals surface area contributed by atoms with E-state index in [9.17, 15) is 0 Å². The largest absolute Gasteiger partial charge is 3.00 e. The molecule has 1 unspecified atom stereocenters. The van der Waals surface area contributed by atoms with Crippen LogP contribution in [0.25, 0.3) is 49.9 Å². The second kappa shape index (κ2) is 17.5. The Bertz CT molecular complexity index is 2090. The van der Waals surface area contributed by atoms with Gasteiger partial charge in [0.1, 0.15) is 0 Å². The Kier molecular flexibility index (Phi) is 14.7. The van der Waals surface area contributed by atoms with Gasteiger partial charge in [0.2, 0.25) is 0 Å². The fraction of sp³-hybridized carbons (Fsp3) is 0.298. The molecule has 3 radical (unpaired) electrons. The fourth-order valence-electron chi connectivity index (χ4n) is 7.58. The third-order valence-corrected chi connectivity index (χ3v) is 9.88. The van der Waals surface area contributed by atoms with Crippen LogP contribution in [0, 0.1) is 0 Å². The number of halogens is 2. The van der Waals surface area contributed by atoms with Crippen LogP contribution in [-0.4, -0.2) is 9.52 Å². The fourth-order valence-corrected chi connectivity index (χ4v) is 7.58. The number of hydrogen-bond donors (Lipinski definition) is 0. The summed E-state index contributed by atoms with van der Waals surface area (Å²) in [5, 5.41) is 5.52. The molecule has 0 saturated carbocycles. The quantitative estimate of drug-likeness (QED) is 0.124. The Morgan fingerprint density at radius 1 is 0.667 bits per heavy atom. The second-order valence-corrected chi connectivity index (χ2v) is 16.6. The molecule has 0 nitrogen and oxygen atoms in total. The molecule has 0 heterocycles.